The molecule has 0 aromatic rings. The zero-order valence-electron chi connectivity index (χ0n) is 13.5. The van der Waals surface area contributed by atoms with Gasteiger partial charge in [-0.15, -0.1) is 0 Å². The molecule has 0 radical (unpaired) electrons. The molecule has 0 N–H and O–H groups in total. The van der Waals surface area contributed by atoms with Gasteiger partial charge in [0.1, 0.15) is 5.78 Å². The van der Waals surface area contributed by atoms with Crippen molar-refractivity contribution >= 4 is 11.7 Å². The second-order valence-corrected chi connectivity index (χ2v) is 6.22. The molecule has 1 rings (SSSR count). The van der Waals surface area contributed by atoms with E-state index in [0.717, 1.165) is 51.5 Å². The Labute approximate surface area is 124 Å². The molecule has 1 saturated heterocycles. The van der Waals surface area contributed by atoms with Gasteiger partial charge in [-0.25, -0.2) is 0 Å². The predicted molar refractivity (Wildman–Crippen MR) is 82.6 cm³/mol. The molecule has 20 heavy (non-hydrogen) atoms. The number of Topliss-reactive ketones (excluding diaryl/α,β-unsaturated/α-hetero) is 1. The van der Waals surface area contributed by atoms with Crippen LogP contribution in [0, 0.1) is 5.92 Å². The van der Waals surface area contributed by atoms with Gasteiger partial charge in [-0.05, 0) is 32.6 Å². The van der Waals surface area contributed by atoms with E-state index in [2.05, 4.69) is 13.8 Å². The Kier molecular flexibility index (Phi) is 7.86. The van der Waals surface area contributed by atoms with Crippen LogP contribution in [0.25, 0.3) is 0 Å². The summed E-state index contributed by atoms with van der Waals surface area (Å²) >= 11 is 0. The molecule has 3 heteroatoms. The van der Waals surface area contributed by atoms with Gasteiger partial charge in [0.2, 0.25) is 5.91 Å². The largest absolute Gasteiger partial charge is 0.339 e. The van der Waals surface area contributed by atoms with Crippen LogP contribution < -0.4 is 0 Å². The molecular formula is C17H31NO2. The fourth-order valence-corrected chi connectivity index (χ4v) is 3.33. The van der Waals surface area contributed by atoms with E-state index in [-0.39, 0.29) is 17.7 Å². The lowest BCUT2D eigenvalue weighted by molar-refractivity contribution is -0.139. The van der Waals surface area contributed by atoms with Crippen molar-refractivity contribution in [2.75, 3.05) is 6.54 Å². The van der Waals surface area contributed by atoms with Crippen molar-refractivity contribution in [2.24, 2.45) is 5.92 Å². The van der Waals surface area contributed by atoms with Crippen molar-refractivity contribution in [1.29, 1.82) is 0 Å². The molecule has 116 valence electrons. The van der Waals surface area contributed by atoms with Gasteiger partial charge in [0, 0.05) is 24.9 Å². The quantitative estimate of drug-likeness (QED) is 0.708. The second kappa shape index (κ2) is 9.15. The Bertz CT molecular complexity index is 308. The molecule has 1 aliphatic rings. The summed E-state index contributed by atoms with van der Waals surface area (Å²) in [7, 11) is 0. The number of hydrogen-bond donors (Lipinski definition) is 0. The first kappa shape index (κ1) is 17.2. The topological polar surface area (TPSA) is 37.4 Å². The van der Waals surface area contributed by atoms with Gasteiger partial charge in [-0.1, -0.05) is 39.5 Å². The smallest absolute Gasteiger partial charge is 0.225 e. The van der Waals surface area contributed by atoms with Gasteiger partial charge < -0.3 is 4.90 Å². The van der Waals surface area contributed by atoms with E-state index in [0.29, 0.717) is 12.3 Å². The molecule has 1 fully saturated rings. The van der Waals surface area contributed by atoms with Crippen molar-refractivity contribution in [3.8, 4) is 0 Å². The molecule has 0 aromatic carbocycles. The van der Waals surface area contributed by atoms with E-state index >= 15 is 0 Å². The van der Waals surface area contributed by atoms with E-state index in [1.165, 1.54) is 6.42 Å². The first-order valence-electron chi connectivity index (χ1n) is 8.40. The summed E-state index contributed by atoms with van der Waals surface area (Å²) in [5, 5.41) is 0. The first-order valence-corrected chi connectivity index (χ1v) is 8.40. The third kappa shape index (κ3) is 5.26. The molecule has 0 aliphatic carbocycles. The van der Waals surface area contributed by atoms with Crippen LogP contribution in [-0.2, 0) is 9.59 Å². The third-order valence-corrected chi connectivity index (χ3v) is 4.31. The van der Waals surface area contributed by atoms with Gasteiger partial charge in [0.05, 0.1) is 0 Å². The summed E-state index contributed by atoms with van der Waals surface area (Å²) in [5.74, 6) is 0.677. The SMILES string of the molecule is CCCC(CCC)C(=O)N1CCCCCC1CC(C)=O. The van der Waals surface area contributed by atoms with Crippen molar-refractivity contribution in [2.45, 2.75) is 84.6 Å². The maximum Gasteiger partial charge on any atom is 0.225 e. The van der Waals surface area contributed by atoms with Crippen LogP contribution >= 0.6 is 0 Å². The zero-order valence-corrected chi connectivity index (χ0v) is 13.5. The van der Waals surface area contributed by atoms with E-state index in [1.807, 2.05) is 4.90 Å². The summed E-state index contributed by atoms with van der Waals surface area (Å²) in [5.41, 5.74) is 0. The van der Waals surface area contributed by atoms with Gasteiger partial charge >= 0.3 is 0 Å². The highest BCUT2D eigenvalue weighted by Crippen LogP contribution is 2.25. The number of likely N-dealkylation sites (tertiary alicyclic amines) is 1. The van der Waals surface area contributed by atoms with Gasteiger partial charge in [0.15, 0.2) is 0 Å². The normalized spacial score (nSPS) is 20.0. The standard InChI is InChI=1S/C17H31NO2/c1-4-9-15(10-5-2)17(20)18-12-8-6-7-11-16(18)13-14(3)19/h15-16H,4-13H2,1-3H3. The molecule has 0 saturated carbocycles. The lowest BCUT2D eigenvalue weighted by Crippen LogP contribution is -2.44. The lowest BCUT2D eigenvalue weighted by Gasteiger charge is -2.33. The molecule has 3 nitrogen and oxygen atoms in total. The lowest BCUT2D eigenvalue weighted by atomic mass is 9.95. The van der Waals surface area contributed by atoms with Crippen LogP contribution in [0.15, 0.2) is 0 Å². The van der Waals surface area contributed by atoms with Gasteiger partial charge in [-0.2, -0.15) is 0 Å². The summed E-state index contributed by atoms with van der Waals surface area (Å²) < 4.78 is 0. The number of ketones is 1. The predicted octanol–water partition coefficient (Wildman–Crippen LogP) is 3.95. The second-order valence-electron chi connectivity index (χ2n) is 6.22. The Hall–Kier alpha value is -0.860. The average Bonchev–Trinajstić information content (AvgIpc) is 2.62. The van der Waals surface area contributed by atoms with Crippen LogP contribution in [0.2, 0.25) is 0 Å². The van der Waals surface area contributed by atoms with Crippen LogP contribution in [-0.4, -0.2) is 29.2 Å². The number of carbonyl (C=O) groups is 2. The summed E-state index contributed by atoms with van der Waals surface area (Å²) in [6, 6.07) is 0.152. The monoisotopic (exact) mass is 281 g/mol. The highest BCUT2D eigenvalue weighted by Gasteiger charge is 2.30. The molecule has 0 spiro atoms. The summed E-state index contributed by atoms with van der Waals surface area (Å²) in [4.78, 5) is 26.4. The highest BCUT2D eigenvalue weighted by atomic mass is 16.2. The molecule has 0 bridgehead atoms. The minimum absolute atomic E-state index is 0.152. The Morgan fingerprint density at radius 3 is 2.30 bits per heavy atom. The van der Waals surface area contributed by atoms with E-state index in [9.17, 15) is 9.59 Å². The molecule has 1 atom stereocenters. The van der Waals surface area contributed by atoms with Crippen LogP contribution in [0.5, 0.6) is 0 Å². The first-order chi connectivity index (χ1) is 9.60. The van der Waals surface area contributed by atoms with E-state index in [1.54, 1.807) is 6.92 Å². The third-order valence-electron chi connectivity index (χ3n) is 4.31. The summed E-state index contributed by atoms with van der Waals surface area (Å²) in [6.07, 6.45) is 9.03. The molecule has 1 aliphatic heterocycles. The van der Waals surface area contributed by atoms with Crippen LogP contribution in [0.4, 0.5) is 0 Å². The average molecular weight is 281 g/mol. The molecule has 1 amide bonds. The maximum atomic E-state index is 12.8. The van der Waals surface area contributed by atoms with Crippen molar-refractivity contribution in [3.63, 3.8) is 0 Å². The Morgan fingerprint density at radius 1 is 1.10 bits per heavy atom. The Balaban J connectivity index is 2.78. The zero-order chi connectivity index (χ0) is 15.0. The minimum atomic E-state index is 0.152. The molecule has 1 unspecified atom stereocenters. The van der Waals surface area contributed by atoms with Gasteiger partial charge in [0.25, 0.3) is 0 Å². The maximum absolute atomic E-state index is 12.8. The summed E-state index contributed by atoms with van der Waals surface area (Å²) in [6.45, 7) is 6.78. The van der Waals surface area contributed by atoms with E-state index < -0.39 is 0 Å². The minimum Gasteiger partial charge on any atom is -0.339 e. The fraction of sp³-hybridized carbons (Fsp3) is 0.882. The number of nitrogens with zero attached hydrogens (tertiary/aromatic N) is 1. The number of rotatable bonds is 7. The molecule has 0 aromatic heterocycles. The number of amides is 1. The van der Waals surface area contributed by atoms with Crippen molar-refractivity contribution in [1.82, 2.24) is 4.90 Å². The Morgan fingerprint density at radius 2 is 1.75 bits per heavy atom. The number of hydrogen-bond acceptors (Lipinski definition) is 2. The van der Waals surface area contributed by atoms with Crippen LogP contribution in [0.1, 0.15) is 78.6 Å². The van der Waals surface area contributed by atoms with Crippen molar-refractivity contribution in [3.05, 3.63) is 0 Å². The van der Waals surface area contributed by atoms with Gasteiger partial charge in [-0.3, -0.25) is 9.59 Å². The highest BCUT2D eigenvalue weighted by molar-refractivity contribution is 5.81. The molecular weight excluding hydrogens is 250 g/mol. The number of carbonyl (C=O) groups excluding carboxylic acids is 2. The van der Waals surface area contributed by atoms with E-state index in [4.69, 9.17) is 0 Å². The molecule has 1 heterocycles. The fourth-order valence-electron chi connectivity index (χ4n) is 3.33. The van der Waals surface area contributed by atoms with Crippen molar-refractivity contribution < 1.29 is 9.59 Å². The van der Waals surface area contributed by atoms with Crippen LogP contribution in [0.3, 0.4) is 0 Å².